The SMILES string of the molecule is CCc1c(C(=O)O)ccn(C2CCN(Cc3cc(Cl)c(-c4ccc(F)cc4)c(F)c3OC(C)C)CC2)c1=O. The third-order valence-electron chi connectivity index (χ3n) is 6.88. The summed E-state index contributed by atoms with van der Waals surface area (Å²) >= 11 is 6.53. The van der Waals surface area contributed by atoms with Gasteiger partial charge in [-0.2, -0.15) is 0 Å². The molecule has 1 aromatic heterocycles. The van der Waals surface area contributed by atoms with Gasteiger partial charge in [0.1, 0.15) is 5.82 Å². The Balaban J connectivity index is 1.56. The summed E-state index contributed by atoms with van der Waals surface area (Å²) in [5.41, 5.74) is 1.34. The van der Waals surface area contributed by atoms with Crippen LogP contribution in [0.15, 0.2) is 47.4 Å². The number of carboxylic acid groups (broad SMARTS) is 1. The topological polar surface area (TPSA) is 71.8 Å². The van der Waals surface area contributed by atoms with Crippen LogP contribution in [0.4, 0.5) is 8.78 Å². The molecule has 1 aliphatic heterocycles. The van der Waals surface area contributed by atoms with Crippen LogP contribution < -0.4 is 10.3 Å². The highest BCUT2D eigenvalue weighted by molar-refractivity contribution is 6.33. The number of likely N-dealkylation sites (tertiary alicyclic amines) is 1. The molecule has 2 aromatic carbocycles. The molecular formula is C29H31ClF2N2O4. The Hall–Kier alpha value is -3.23. The van der Waals surface area contributed by atoms with Gasteiger partial charge in [-0.1, -0.05) is 30.7 Å². The number of ether oxygens (including phenoxy) is 1. The lowest BCUT2D eigenvalue weighted by atomic mass is 9.99. The first-order valence-electron chi connectivity index (χ1n) is 12.7. The lowest BCUT2D eigenvalue weighted by Gasteiger charge is -2.33. The molecule has 0 bridgehead atoms. The number of halogens is 3. The van der Waals surface area contributed by atoms with Crippen molar-refractivity contribution in [2.45, 2.75) is 58.7 Å². The average Bonchev–Trinajstić information content (AvgIpc) is 2.87. The van der Waals surface area contributed by atoms with E-state index in [-0.39, 0.29) is 39.6 Å². The van der Waals surface area contributed by atoms with E-state index in [0.29, 0.717) is 55.6 Å². The molecule has 0 spiro atoms. The van der Waals surface area contributed by atoms with Crippen molar-refractivity contribution in [1.82, 2.24) is 9.47 Å². The van der Waals surface area contributed by atoms with Gasteiger partial charge in [-0.25, -0.2) is 13.6 Å². The van der Waals surface area contributed by atoms with Crippen LogP contribution in [0.2, 0.25) is 5.02 Å². The third-order valence-corrected chi connectivity index (χ3v) is 7.18. The first-order chi connectivity index (χ1) is 18.1. The third kappa shape index (κ3) is 5.76. The Morgan fingerprint density at radius 1 is 1.16 bits per heavy atom. The number of piperidine rings is 1. The smallest absolute Gasteiger partial charge is 0.336 e. The van der Waals surface area contributed by atoms with Gasteiger partial charge >= 0.3 is 5.97 Å². The van der Waals surface area contributed by atoms with E-state index in [1.807, 2.05) is 13.8 Å². The van der Waals surface area contributed by atoms with E-state index in [2.05, 4.69) is 4.90 Å². The predicted molar refractivity (Wildman–Crippen MR) is 143 cm³/mol. The summed E-state index contributed by atoms with van der Waals surface area (Å²) in [6.45, 7) is 7.12. The number of pyridine rings is 1. The maximum atomic E-state index is 15.8. The van der Waals surface area contributed by atoms with Crippen molar-refractivity contribution in [3.05, 3.63) is 86.3 Å². The largest absolute Gasteiger partial charge is 0.488 e. The zero-order valence-corrected chi connectivity index (χ0v) is 22.4. The molecule has 38 heavy (non-hydrogen) atoms. The zero-order chi connectivity index (χ0) is 27.6. The normalized spacial score (nSPS) is 14.7. The second-order valence-corrected chi connectivity index (χ2v) is 10.2. The summed E-state index contributed by atoms with van der Waals surface area (Å²) < 4.78 is 36.7. The van der Waals surface area contributed by atoms with Gasteiger partial charge in [0.05, 0.1) is 16.7 Å². The molecule has 3 aromatic rings. The Morgan fingerprint density at radius 3 is 2.39 bits per heavy atom. The van der Waals surface area contributed by atoms with Gasteiger partial charge in [0.2, 0.25) is 0 Å². The highest BCUT2D eigenvalue weighted by atomic mass is 35.5. The number of nitrogens with zero attached hydrogens (tertiary/aromatic N) is 2. The number of hydrogen-bond donors (Lipinski definition) is 1. The minimum Gasteiger partial charge on any atom is -0.488 e. The number of rotatable bonds is 8. The summed E-state index contributed by atoms with van der Waals surface area (Å²) in [6.07, 6.45) is 3.01. The Kier molecular flexibility index (Phi) is 8.53. The van der Waals surface area contributed by atoms with Crippen molar-refractivity contribution in [3.63, 3.8) is 0 Å². The van der Waals surface area contributed by atoms with E-state index in [1.165, 1.54) is 30.3 Å². The number of hydrogen-bond acceptors (Lipinski definition) is 4. The van der Waals surface area contributed by atoms with Gasteiger partial charge in [0, 0.05) is 48.6 Å². The summed E-state index contributed by atoms with van der Waals surface area (Å²) in [7, 11) is 0. The lowest BCUT2D eigenvalue weighted by molar-refractivity contribution is 0.0695. The van der Waals surface area contributed by atoms with E-state index in [0.717, 1.165) is 0 Å². The second-order valence-electron chi connectivity index (χ2n) is 9.80. The molecule has 6 nitrogen and oxygen atoms in total. The number of aromatic carboxylic acids is 1. The molecule has 0 radical (unpaired) electrons. The minimum absolute atomic E-state index is 0.0480. The van der Waals surface area contributed by atoms with Gasteiger partial charge in [0.25, 0.3) is 5.56 Å². The second kappa shape index (κ2) is 11.7. The van der Waals surface area contributed by atoms with Crippen molar-refractivity contribution in [2.75, 3.05) is 13.1 Å². The fraction of sp³-hybridized carbons (Fsp3) is 0.379. The van der Waals surface area contributed by atoms with Crippen molar-refractivity contribution < 1.29 is 23.4 Å². The standard InChI is InChI=1S/C29H31ClF2N2O4/c1-4-22-23(29(36)37)11-14-34(28(22)35)21-9-12-33(13-10-21)16-19-15-24(30)25(18-5-7-20(31)8-6-18)26(32)27(19)38-17(2)3/h5-8,11,14-15,17,21H,4,9-10,12-13,16H2,1-3H3,(H,36,37). The van der Waals surface area contributed by atoms with Crippen molar-refractivity contribution in [2.24, 2.45) is 0 Å². The Labute approximate surface area is 225 Å². The van der Waals surface area contributed by atoms with Crippen molar-refractivity contribution >= 4 is 17.6 Å². The molecule has 0 amide bonds. The monoisotopic (exact) mass is 544 g/mol. The molecule has 9 heteroatoms. The fourth-order valence-electron chi connectivity index (χ4n) is 5.03. The summed E-state index contributed by atoms with van der Waals surface area (Å²) in [4.78, 5) is 26.6. The quantitative estimate of drug-likeness (QED) is 0.359. The predicted octanol–water partition coefficient (Wildman–Crippen LogP) is 6.33. The molecule has 1 aliphatic rings. The first-order valence-corrected chi connectivity index (χ1v) is 13.1. The number of aromatic nitrogens is 1. The highest BCUT2D eigenvalue weighted by Crippen LogP contribution is 2.39. The summed E-state index contributed by atoms with van der Waals surface area (Å²) in [6, 6.07) is 8.63. The summed E-state index contributed by atoms with van der Waals surface area (Å²) in [5, 5.41) is 9.60. The van der Waals surface area contributed by atoms with Gasteiger partial charge in [-0.15, -0.1) is 0 Å². The van der Waals surface area contributed by atoms with Crippen molar-refractivity contribution in [3.8, 4) is 16.9 Å². The Morgan fingerprint density at radius 2 is 1.82 bits per heavy atom. The van der Waals surface area contributed by atoms with Gasteiger partial charge in [0.15, 0.2) is 11.6 Å². The number of carboxylic acids is 1. The van der Waals surface area contributed by atoms with Gasteiger partial charge in [-0.05, 0) is 62.9 Å². The summed E-state index contributed by atoms with van der Waals surface area (Å²) in [5.74, 6) is -1.98. The average molecular weight is 545 g/mol. The van der Waals surface area contributed by atoms with E-state index < -0.39 is 17.6 Å². The molecule has 0 atom stereocenters. The molecule has 0 saturated carbocycles. The molecule has 0 aliphatic carbocycles. The minimum atomic E-state index is -1.10. The first kappa shape index (κ1) is 27.8. The molecule has 1 fully saturated rings. The maximum Gasteiger partial charge on any atom is 0.336 e. The highest BCUT2D eigenvalue weighted by Gasteiger charge is 2.26. The Bertz CT molecular complexity index is 1380. The van der Waals surface area contributed by atoms with Crippen LogP contribution in [-0.4, -0.2) is 39.7 Å². The molecular weight excluding hydrogens is 514 g/mol. The van der Waals surface area contributed by atoms with Crippen LogP contribution in [0.1, 0.15) is 61.1 Å². The zero-order valence-electron chi connectivity index (χ0n) is 21.6. The fourth-order valence-corrected chi connectivity index (χ4v) is 5.36. The maximum absolute atomic E-state index is 15.8. The molecule has 4 rings (SSSR count). The van der Waals surface area contributed by atoms with Crippen LogP contribution in [-0.2, 0) is 13.0 Å². The van der Waals surface area contributed by atoms with Crippen LogP contribution >= 0.6 is 11.6 Å². The van der Waals surface area contributed by atoms with Crippen molar-refractivity contribution in [1.29, 1.82) is 0 Å². The molecule has 0 unspecified atom stereocenters. The van der Waals surface area contributed by atoms with Crippen LogP contribution in [0.3, 0.4) is 0 Å². The lowest BCUT2D eigenvalue weighted by Crippen LogP contribution is -2.38. The van der Waals surface area contributed by atoms with Gasteiger partial charge < -0.3 is 14.4 Å². The molecule has 2 heterocycles. The van der Waals surface area contributed by atoms with E-state index in [4.69, 9.17) is 16.3 Å². The molecule has 1 N–H and O–H groups in total. The molecule has 1 saturated heterocycles. The van der Waals surface area contributed by atoms with E-state index in [9.17, 15) is 19.1 Å². The van der Waals surface area contributed by atoms with E-state index >= 15 is 4.39 Å². The molecule has 202 valence electrons. The number of benzene rings is 2. The number of carbonyl (C=O) groups is 1. The van der Waals surface area contributed by atoms with Crippen LogP contribution in [0, 0.1) is 11.6 Å². The van der Waals surface area contributed by atoms with Crippen LogP contribution in [0.5, 0.6) is 5.75 Å². The van der Waals surface area contributed by atoms with E-state index in [1.54, 1.807) is 23.8 Å². The van der Waals surface area contributed by atoms with Gasteiger partial charge in [-0.3, -0.25) is 9.69 Å². The van der Waals surface area contributed by atoms with Crippen LogP contribution in [0.25, 0.3) is 11.1 Å².